The van der Waals surface area contributed by atoms with Crippen LogP contribution < -0.4 is 11.1 Å². The maximum Gasteiger partial charge on any atom is 0.237 e. The molecule has 1 fully saturated rings. The molecule has 0 aromatic rings. The normalized spacial score (nSPS) is 20.7. The molecule has 1 aliphatic rings. The second-order valence-corrected chi connectivity index (χ2v) is 5.18. The van der Waals surface area contributed by atoms with E-state index < -0.39 is 5.54 Å². The largest absolute Gasteiger partial charge is 0.368 e. The zero-order valence-corrected chi connectivity index (χ0v) is 10.0. The van der Waals surface area contributed by atoms with E-state index in [1.165, 1.54) is 44.9 Å². The second kappa shape index (κ2) is 5.50. The fraction of sp³-hybridized carbons (Fsp3) is 0.917. The first-order valence-corrected chi connectivity index (χ1v) is 6.10. The van der Waals surface area contributed by atoms with Gasteiger partial charge in [0.2, 0.25) is 5.91 Å². The van der Waals surface area contributed by atoms with Crippen molar-refractivity contribution in [2.45, 2.75) is 70.4 Å². The lowest BCUT2D eigenvalue weighted by molar-refractivity contribution is -0.123. The minimum Gasteiger partial charge on any atom is -0.368 e. The summed E-state index contributed by atoms with van der Waals surface area (Å²) in [5, 5.41) is 3.39. The molecule has 1 aliphatic carbocycles. The third kappa shape index (κ3) is 4.20. The van der Waals surface area contributed by atoms with Crippen molar-refractivity contribution in [3.05, 3.63) is 0 Å². The van der Waals surface area contributed by atoms with Gasteiger partial charge in [-0.15, -0.1) is 0 Å². The Balaban J connectivity index is 2.44. The maximum absolute atomic E-state index is 11.2. The number of amides is 1. The molecule has 3 nitrogen and oxygen atoms in total. The van der Waals surface area contributed by atoms with E-state index in [0.29, 0.717) is 6.04 Å². The van der Waals surface area contributed by atoms with Crippen LogP contribution in [0.2, 0.25) is 0 Å². The highest BCUT2D eigenvalue weighted by Crippen LogP contribution is 2.19. The van der Waals surface area contributed by atoms with Crippen LogP contribution in [0.4, 0.5) is 0 Å². The van der Waals surface area contributed by atoms with Gasteiger partial charge in [0.05, 0.1) is 5.54 Å². The van der Waals surface area contributed by atoms with E-state index in [-0.39, 0.29) is 5.91 Å². The number of carbonyl (C=O) groups is 1. The number of nitrogens with two attached hydrogens (primary N) is 1. The van der Waals surface area contributed by atoms with Gasteiger partial charge in [0.15, 0.2) is 0 Å². The van der Waals surface area contributed by atoms with Gasteiger partial charge in [-0.1, -0.05) is 32.1 Å². The molecule has 0 unspecified atom stereocenters. The van der Waals surface area contributed by atoms with Crippen LogP contribution in [-0.2, 0) is 4.79 Å². The lowest BCUT2D eigenvalue weighted by Crippen LogP contribution is -2.54. The lowest BCUT2D eigenvalue weighted by atomic mass is 9.94. The van der Waals surface area contributed by atoms with Crippen LogP contribution >= 0.6 is 0 Å². The van der Waals surface area contributed by atoms with E-state index in [9.17, 15) is 4.79 Å². The molecule has 3 heteroatoms. The van der Waals surface area contributed by atoms with Crippen molar-refractivity contribution in [3.8, 4) is 0 Å². The fourth-order valence-corrected chi connectivity index (χ4v) is 2.18. The molecule has 0 saturated heterocycles. The minimum atomic E-state index is -0.566. The van der Waals surface area contributed by atoms with Gasteiger partial charge in [-0.2, -0.15) is 0 Å². The Morgan fingerprint density at radius 3 is 2.07 bits per heavy atom. The molecule has 0 bridgehead atoms. The standard InChI is InChI=1S/C12H24N2O/c1-12(2,11(13)15)14-10-8-6-4-3-5-7-9-10/h10,14H,3-9H2,1-2H3,(H2,13,15). The Kier molecular flexibility index (Phi) is 4.58. The van der Waals surface area contributed by atoms with Gasteiger partial charge in [-0.05, 0) is 26.7 Å². The molecule has 0 spiro atoms. The summed E-state index contributed by atoms with van der Waals surface area (Å²) in [6.45, 7) is 3.74. The number of primary amides is 1. The molecule has 15 heavy (non-hydrogen) atoms. The molecule has 1 saturated carbocycles. The zero-order chi connectivity index (χ0) is 11.3. The van der Waals surface area contributed by atoms with Crippen molar-refractivity contribution in [1.29, 1.82) is 0 Å². The van der Waals surface area contributed by atoms with E-state index in [1.54, 1.807) is 0 Å². The summed E-state index contributed by atoms with van der Waals surface area (Å²) in [5.74, 6) is -0.260. The van der Waals surface area contributed by atoms with Gasteiger partial charge in [0.25, 0.3) is 0 Å². The van der Waals surface area contributed by atoms with Crippen molar-refractivity contribution in [2.24, 2.45) is 5.73 Å². The van der Waals surface area contributed by atoms with Crippen LogP contribution in [0.5, 0.6) is 0 Å². The average molecular weight is 212 g/mol. The number of nitrogens with one attached hydrogen (secondary N) is 1. The summed E-state index contributed by atoms with van der Waals surface area (Å²) in [5.41, 5.74) is 4.79. The van der Waals surface area contributed by atoms with Crippen LogP contribution in [0.15, 0.2) is 0 Å². The van der Waals surface area contributed by atoms with Crippen molar-refractivity contribution in [1.82, 2.24) is 5.32 Å². The molecule has 1 amide bonds. The Hall–Kier alpha value is -0.570. The van der Waals surface area contributed by atoms with Gasteiger partial charge in [0.1, 0.15) is 0 Å². The first-order valence-electron chi connectivity index (χ1n) is 6.10. The van der Waals surface area contributed by atoms with E-state index in [1.807, 2.05) is 13.8 Å². The van der Waals surface area contributed by atoms with E-state index in [0.717, 1.165) is 0 Å². The lowest BCUT2D eigenvalue weighted by Gasteiger charge is -2.30. The van der Waals surface area contributed by atoms with Crippen LogP contribution in [-0.4, -0.2) is 17.5 Å². The Morgan fingerprint density at radius 1 is 1.13 bits per heavy atom. The zero-order valence-electron chi connectivity index (χ0n) is 10.0. The molecular formula is C12H24N2O. The highest BCUT2D eigenvalue weighted by molar-refractivity contribution is 5.83. The molecule has 88 valence electrons. The summed E-state index contributed by atoms with van der Waals surface area (Å²) < 4.78 is 0. The number of hydrogen-bond acceptors (Lipinski definition) is 2. The topological polar surface area (TPSA) is 55.1 Å². The number of carbonyl (C=O) groups excluding carboxylic acids is 1. The number of rotatable bonds is 3. The quantitative estimate of drug-likeness (QED) is 0.751. The Bertz CT molecular complexity index is 206. The van der Waals surface area contributed by atoms with E-state index in [2.05, 4.69) is 5.32 Å². The molecule has 0 aliphatic heterocycles. The monoisotopic (exact) mass is 212 g/mol. The summed E-state index contributed by atoms with van der Waals surface area (Å²) >= 11 is 0. The summed E-state index contributed by atoms with van der Waals surface area (Å²) in [7, 11) is 0. The fourth-order valence-electron chi connectivity index (χ4n) is 2.18. The third-order valence-electron chi connectivity index (χ3n) is 3.29. The van der Waals surface area contributed by atoms with Gasteiger partial charge < -0.3 is 11.1 Å². The highest BCUT2D eigenvalue weighted by Gasteiger charge is 2.27. The predicted molar refractivity (Wildman–Crippen MR) is 62.5 cm³/mol. The molecule has 1 rings (SSSR count). The van der Waals surface area contributed by atoms with E-state index >= 15 is 0 Å². The smallest absolute Gasteiger partial charge is 0.237 e. The molecule has 0 heterocycles. The molecule has 0 aromatic heterocycles. The number of hydrogen-bond donors (Lipinski definition) is 2. The van der Waals surface area contributed by atoms with Gasteiger partial charge in [-0.3, -0.25) is 4.79 Å². The van der Waals surface area contributed by atoms with Crippen LogP contribution in [0.25, 0.3) is 0 Å². The van der Waals surface area contributed by atoms with Gasteiger partial charge >= 0.3 is 0 Å². The molecule has 3 N–H and O–H groups in total. The Labute approximate surface area is 92.8 Å². The Morgan fingerprint density at radius 2 is 1.60 bits per heavy atom. The second-order valence-electron chi connectivity index (χ2n) is 5.18. The van der Waals surface area contributed by atoms with Crippen LogP contribution in [0, 0.1) is 0 Å². The first kappa shape index (κ1) is 12.5. The first-order chi connectivity index (χ1) is 7.02. The van der Waals surface area contributed by atoms with Crippen molar-refractivity contribution < 1.29 is 4.79 Å². The minimum absolute atomic E-state index is 0.260. The molecule has 0 radical (unpaired) electrons. The van der Waals surface area contributed by atoms with Crippen molar-refractivity contribution in [2.75, 3.05) is 0 Å². The summed E-state index contributed by atoms with van der Waals surface area (Å²) in [6.07, 6.45) is 8.92. The van der Waals surface area contributed by atoms with Crippen molar-refractivity contribution in [3.63, 3.8) is 0 Å². The van der Waals surface area contributed by atoms with E-state index in [4.69, 9.17) is 5.73 Å². The summed E-state index contributed by atoms with van der Waals surface area (Å²) in [6, 6.07) is 0.466. The molecule has 0 atom stereocenters. The maximum atomic E-state index is 11.2. The summed E-state index contributed by atoms with van der Waals surface area (Å²) in [4.78, 5) is 11.2. The average Bonchev–Trinajstić information content (AvgIpc) is 2.09. The predicted octanol–water partition coefficient (Wildman–Crippen LogP) is 1.95. The van der Waals surface area contributed by atoms with Gasteiger partial charge in [0, 0.05) is 6.04 Å². The third-order valence-corrected chi connectivity index (χ3v) is 3.29. The molecule has 0 aromatic carbocycles. The highest BCUT2D eigenvalue weighted by atomic mass is 16.1. The van der Waals surface area contributed by atoms with Crippen LogP contribution in [0.3, 0.4) is 0 Å². The molecular weight excluding hydrogens is 188 g/mol. The van der Waals surface area contributed by atoms with Crippen LogP contribution in [0.1, 0.15) is 58.8 Å². The van der Waals surface area contributed by atoms with Gasteiger partial charge in [-0.25, -0.2) is 0 Å². The SMILES string of the molecule is CC(C)(NC1CCCCCCC1)C(N)=O. The van der Waals surface area contributed by atoms with Crippen molar-refractivity contribution >= 4 is 5.91 Å².